The van der Waals surface area contributed by atoms with Crippen LogP contribution in [-0.2, 0) is 0 Å². The van der Waals surface area contributed by atoms with E-state index in [4.69, 9.17) is 0 Å². The van der Waals surface area contributed by atoms with E-state index in [1.54, 1.807) is 0 Å². The highest BCUT2D eigenvalue weighted by molar-refractivity contribution is 4.50. The zero-order chi connectivity index (χ0) is 22.7. The average molecular weight is 443 g/mol. The molecule has 0 atom stereocenters. The Bertz CT molecular complexity index is 248. The molecular weight excluding hydrogens is 376 g/mol. The van der Waals surface area contributed by atoms with E-state index < -0.39 is 0 Å². The lowest BCUT2D eigenvalue weighted by molar-refractivity contribution is 0.389. The van der Waals surface area contributed by atoms with E-state index in [0.717, 1.165) is 0 Å². The van der Waals surface area contributed by atoms with Gasteiger partial charge in [-0.05, 0) is 54.1 Å². The highest BCUT2D eigenvalue weighted by atomic mass is 15.0. The van der Waals surface area contributed by atoms with Gasteiger partial charge in [0.1, 0.15) is 0 Å². The Morgan fingerprint density at radius 1 is 0.323 bits per heavy atom. The summed E-state index contributed by atoms with van der Waals surface area (Å²) in [5, 5.41) is 0. The summed E-state index contributed by atoms with van der Waals surface area (Å²) in [7, 11) is 8.64. The molecule has 0 heterocycles. The molecule has 0 fully saturated rings. The molecule has 0 aromatic rings. The second kappa shape index (κ2) is 32.1. The molecule has 0 unspecified atom stereocenters. The maximum Gasteiger partial charge on any atom is -0.00248 e. The summed E-state index contributed by atoms with van der Waals surface area (Å²) in [6.45, 7) is 7.09. The molecule has 0 aromatic carbocycles. The number of rotatable bonds is 22. The highest BCUT2D eigenvalue weighted by Crippen LogP contribution is 2.11. The van der Waals surface area contributed by atoms with E-state index in [2.05, 4.69) is 51.8 Å². The Kier molecular flexibility index (Phi) is 36.8. The molecule has 0 saturated carbocycles. The Labute approximate surface area is 200 Å². The summed E-state index contributed by atoms with van der Waals surface area (Å²) >= 11 is 0. The third kappa shape index (κ3) is 40.8. The first-order valence-electron chi connectivity index (χ1n) is 13.8. The standard InChI is InChI=1S/2C14H31N.CH4/c2*1-4-5-6-7-8-9-10-11-12-13-14-15(2)3;/h2*4-14H2,1-3H3;1H4. The van der Waals surface area contributed by atoms with Crippen molar-refractivity contribution in [3.63, 3.8) is 0 Å². The minimum Gasteiger partial charge on any atom is -0.309 e. The highest BCUT2D eigenvalue weighted by Gasteiger charge is 1.94. The Balaban J connectivity index is -0.000000490. The Morgan fingerprint density at radius 3 is 0.710 bits per heavy atom. The predicted molar refractivity (Wildman–Crippen MR) is 148 cm³/mol. The van der Waals surface area contributed by atoms with E-state index in [1.807, 2.05) is 0 Å². The first kappa shape index (κ1) is 35.5. The van der Waals surface area contributed by atoms with Crippen LogP contribution in [0.4, 0.5) is 0 Å². The molecule has 2 nitrogen and oxygen atoms in total. The smallest absolute Gasteiger partial charge is 0.00248 e. The maximum atomic E-state index is 2.28. The molecule has 0 N–H and O–H groups in total. The third-order valence-electron chi connectivity index (χ3n) is 5.92. The van der Waals surface area contributed by atoms with Crippen LogP contribution in [0.25, 0.3) is 0 Å². The third-order valence-corrected chi connectivity index (χ3v) is 5.92. The van der Waals surface area contributed by atoms with Crippen LogP contribution in [0.5, 0.6) is 0 Å². The van der Waals surface area contributed by atoms with Gasteiger partial charge in [0.05, 0.1) is 0 Å². The van der Waals surface area contributed by atoms with E-state index in [1.165, 1.54) is 142 Å². The van der Waals surface area contributed by atoms with Crippen molar-refractivity contribution in [2.45, 2.75) is 150 Å². The van der Waals surface area contributed by atoms with Crippen LogP contribution in [0.15, 0.2) is 0 Å². The fourth-order valence-corrected chi connectivity index (χ4v) is 3.83. The average Bonchev–Trinajstić information content (AvgIpc) is 2.71. The second-order valence-corrected chi connectivity index (χ2v) is 9.97. The van der Waals surface area contributed by atoms with Crippen LogP contribution in [0, 0.1) is 0 Å². The summed E-state index contributed by atoms with van der Waals surface area (Å²) < 4.78 is 0. The van der Waals surface area contributed by atoms with Crippen LogP contribution in [-0.4, -0.2) is 51.1 Å². The Hall–Kier alpha value is -0.0800. The number of unbranched alkanes of at least 4 members (excludes halogenated alkanes) is 18. The van der Waals surface area contributed by atoms with Gasteiger partial charge < -0.3 is 9.80 Å². The summed E-state index contributed by atoms with van der Waals surface area (Å²) in [6, 6.07) is 0. The van der Waals surface area contributed by atoms with Crippen molar-refractivity contribution in [1.82, 2.24) is 9.80 Å². The van der Waals surface area contributed by atoms with E-state index >= 15 is 0 Å². The molecule has 0 aromatic heterocycles. The molecule has 0 spiro atoms. The molecule has 0 bridgehead atoms. The number of hydrogen-bond acceptors (Lipinski definition) is 2. The molecular formula is C29H66N2. The number of hydrogen-bond donors (Lipinski definition) is 0. The second-order valence-electron chi connectivity index (χ2n) is 9.97. The lowest BCUT2D eigenvalue weighted by Crippen LogP contribution is -2.12. The number of nitrogens with zero attached hydrogens (tertiary/aromatic N) is 2. The monoisotopic (exact) mass is 443 g/mol. The minimum absolute atomic E-state index is 0. The molecule has 31 heavy (non-hydrogen) atoms. The van der Waals surface area contributed by atoms with Gasteiger partial charge >= 0.3 is 0 Å². The quantitative estimate of drug-likeness (QED) is 0.154. The normalized spacial score (nSPS) is 10.8. The van der Waals surface area contributed by atoms with Gasteiger partial charge in [0.15, 0.2) is 0 Å². The van der Waals surface area contributed by atoms with Crippen molar-refractivity contribution in [3.05, 3.63) is 0 Å². The van der Waals surface area contributed by atoms with Gasteiger partial charge in [0, 0.05) is 0 Å². The van der Waals surface area contributed by atoms with E-state index in [9.17, 15) is 0 Å². The van der Waals surface area contributed by atoms with Gasteiger partial charge in [0.25, 0.3) is 0 Å². The molecule has 0 aliphatic rings. The fraction of sp³-hybridized carbons (Fsp3) is 1.00. The largest absolute Gasteiger partial charge is 0.309 e. The molecule has 0 aliphatic heterocycles. The molecule has 192 valence electrons. The fourth-order valence-electron chi connectivity index (χ4n) is 3.83. The van der Waals surface area contributed by atoms with Crippen LogP contribution >= 0.6 is 0 Å². The van der Waals surface area contributed by atoms with Gasteiger partial charge in [-0.15, -0.1) is 0 Å². The molecule has 0 radical (unpaired) electrons. The molecule has 2 heteroatoms. The van der Waals surface area contributed by atoms with E-state index in [0.29, 0.717) is 0 Å². The van der Waals surface area contributed by atoms with Crippen LogP contribution in [0.2, 0.25) is 0 Å². The van der Waals surface area contributed by atoms with Crippen LogP contribution < -0.4 is 0 Å². The predicted octanol–water partition coefficient (Wildman–Crippen LogP) is 9.57. The summed E-state index contributed by atoms with van der Waals surface area (Å²) in [6.07, 6.45) is 28.7. The van der Waals surface area contributed by atoms with Gasteiger partial charge in [-0.3, -0.25) is 0 Å². The van der Waals surface area contributed by atoms with Crippen molar-refractivity contribution >= 4 is 0 Å². The summed E-state index contributed by atoms with van der Waals surface area (Å²) in [4.78, 5) is 4.56. The van der Waals surface area contributed by atoms with Crippen molar-refractivity contribution in [3.8, 4) is 0 Å². The zero-order valence-corrected chi connectivity index (χ0v) is 22.5. The molecule has 0 amide bonds. The lowest BCUT2D eigenvalue weighted by atomic mass is 10.1. The lowest BCUT2D eigenvalue weighted by Gasteiger charge is -2.08. The van der Waals surface area contributed by atoms with Crippen LogP contribution in [0.3, 0.4) is 0 Å². The van der Waals surface area contributed by atoms with Gasteiger partial charge in [-0.25, -0.2) is 0 Å². The topological polar surface area (TPSA) is 6.48 Å². The summed E-state index contributed by atoms with van der Waals surface area (Å²) in [5.41, 5.74) is 0. The van der Waals surface area contributed by atoms with Crippen molar-refractivity contribution in [1.29, 1.82) is 0 Å². The molecule has 0 saturated heterocycles. The summed E-state index contributed by atoms with van der Waals surface area (Å²) in [5.74, 6) is 0. The maximum absolute atomic E-state index is 2.28. The first-order valence-corrected chi connectivity index (χ1v) is 13.8. The SMILES string of the molecule is C.CCCCCCCCCCCCN(C)C.CCCCCCCCCCCCN(C)C. The van der Waals surface area contributed by atoms with Gasteiger partial charge in [-0.1, -0.05) is 137 Å². The van der Waals surface area contributed by atoms with Crippen molar-refractivity contribution in [2.75, 3.05) is 41.3 Å². The van der Waals surface area contributed by atoms with Gasteiger partial charge in [-0.2, -0.15) is 0 Å². The molecule has 0 rings (SSSR count). The van der Waals surface area contributed by atoms with Crippen LogP contribution in [0.1, 0.15) is 150 Å². The first-order chi connectivity index (χ1) is 14.5. The van der Waals surface area contributed by atoms with Crippen molar-refractivity contribution < 1.29 is 0 Å². The zero-order valence-electron chi connectivity index (χ0n) is 22.5. The Morgan fingerprint density at radius 2 is 0.516 bits per heavy atom. The minimum atomic E-state index is 0. The van der Waals surface area contributed by atoms with Gasteiger partial charge in [0.2, 0.25) is 0 Å². The van der Waals surface area contributed by atoms with E-state index in [-0.39, 0.29) is 7.43 Å². The van der Waals surface area contributed by atoms with Crippen molar-refractivity contribution in [2.24, 2.45) is 0 Å². The molecule has 0 aliphatic carbocycles.